The van der Waals surface area contributed by atoms with Crippen LogP contribution < -0.4 is 15.7 Å². The number of anilines is 1. The van der Waals surface area contributed by atoms with E-state index in [9.17, 15) is 9.59 Å². The molecular weight excluding hydrogens is 420 g/mol. The van der Waals surface area contributed by atoms with Crippen LogP contribution in [0.5, 0.6) is 5.75 Å². The van der Waals surface area contributed by atoms with Crippen LogP contribution in [0.1, 0.15) is 28.7 Å². The Kier molecular flexibility index (Phi) is 6.15. The first-order valence-electron chi connectivity index (χ1n) is 11.5. The molecule has 0 unspecified atom stereocenters. The van der Waals surface area contributed by atoms with Gasteiger partial charge in [-0.25, -0.2) is 4.79 Å². The minimum absolute atomic E-state index is 0.132. The second-order valence-corrected chi connectivity index (χ2v) is 8.65. The van der Waals surface area contributed by atoms with Crippen LogP contribution in [0.3, 0.4) is 0 Å². The Morgan fingerprint density at radius 3 is 2.73 bits per heavy atom. The topological polar surface area (TPSA) is 81.0 Å². The third kappa shape index (κ3) is 4.51. The van der Waals surface area contributed by atoms with Crippen LogP contribution in [0.4, 0.5) is 5.69 Å². The summed E-state index contributed by atoms with van der Waals surface area (Å²) in [6.07, 6.45) is 2.64. The van der Waals surface area contributed by atoms with Crippen molar-refractivity contribution in [1.82, 2.24) is 4.90 Å². The highest BCUT2D eigenvalue weighted by atomic mass is 16.5. The highest BCUT2D eigenvalue weighted by Gasteiger charge is 2.21. The zero-order valence-electron chi connectivity index (χ0n) is 18.8. The molecule has 7 heteroatoms. The van der Waals surface area contributed by atoms with Gasteiger partial charge in [0.2, 0.25) is 0 Å². The number of fused-ring (bicyclic) bond motifs is 3. The third-order valence-electron chi connectivity index (χ3n) is 6.49. The number of amides is 1. The molecule has 7 nitrogen and oxygen atoms in total. The Balaban J connectivity index is 1.28. The SMILES string of the molecule is Cc1c(OCC(=O)Nc2ccccc2CN2CCOCC2)ccc2c3c(c(=O)oc12)CCC3. The van der Waals surface area contributed by atoms with Crippen LogP contribution >= 0.6 is 0 Å². The van der Waals surface area contributed by atoms with Crippen molar-refractivity contribution in [2.75, 3.05) is 38.2 Å². The largest absolute Gasteiger partial charge is 0.483 e. The zero-order chi connectivity index (χ0) is 22.8. The highest BCUT2D eigenvalue weighted by Crippen LogP contribution is 2.33. The molecular formula is C26H28N2O5. The number of carbonyl (C=O) groups is 1. The molecule has 1 N–H and O–H groups in total. The van der Waals surface area contributed by atoms with Gasteiger partial charge in [-0.2, -0.15) is 0 Å². The number of nitrogens with zero attached hydrogens (tertiary/aromatic N) is 1. The van der Waals surface area contributed by atoms with Gasteiger partial charge >= 0.3 is 5.63 Å². The van der Waals surface area contributed by atoms with E-state index in [0.717, 1.165) is 85.4 Å². The van der Waals surface area contributed by atoms with E-state index >= 15 is 0 Å². The number of rotatable bonds is 6. The summed E-state index contributed by atoms with van der Waals surface area (Å²) in [5, 5.41) is 3.94. The van der Waals surface area contributed by atoms with Crippen LogP contribution in [-0.4, -0.2) is 43.7 Å². The monoisotopic (exact) mass is 448 g/mol. The highest BCUT2D eigenvalue weighted by molar-refractivity contribution is 5.93. The molecule has 0 atom stereocenters. The van der Waals surface area contributed by atoms with Crippen molar-refractivity contribution >= 4 is 22.6 Å². The van der Waals surface area contributed by atoms with Gasteiger partial charge in [-0.15, -0.1) is 0 Å². The molecule has 3 aromatic rings. The average molecular weight is 449 g/mol. The maximum absolute atomic E-state index is 12.7. The van der Waals surface area contributed by atoms with E-state index < -0.39 is 0 Å². The summed E-state index contributed by atoms with van der Waals surface area (Å²) >= 11 is 0. The van der Waals surface area contributed by atoms with Crippen molar-refractivity contribution in [3.05, 3.63) is 69.1 Å². The molecule has 0 spiro atoms. The van der Waals surface area contributed by atoms with Gasteiger partial charge in [0.15, 0.2) is 6.61 Å². The molecule has 1 aliphatic carbocycles. The summed E-state index contributed by atoms with van der Waals surface area (Å²) in [4.78, 5) is 27.3. The van der Waals surface area contributed by atoms with Crippen molar-refractivity contribution in [2.45, 2.75) is 32.7 Å². The molecule has 2 aromatic carbocycles. The van der Waals surface area contributed by atoms with E-state index in [4.69, 9.17) is 13.9 Å². The van der Waals surface area contributed by atoms with Gasteiger partial charge in [0, 0.05) is 41.8 Å². The standard InChI is InChI=1S/C26H28N2O5/c1-17-23(10-9-20-19-6-4-7-21(19)26(30)33-25(17)20)32-16-24(29)27-22-8-3-2-5-18(22)15-28-11-13-31-14-12-28/h2-3,5,8-10H,4,6-7,11-16H2,1H3,(H,27,29). The Bertz CT molecular complexity index is 1240. The minimum Gasteiger partial charge on any atom is -0.483 e. The number of morpholine rings is 1. The van der Waals surface area contributed by atoms with Gasteiger partial charge in [0.1, 0.15) is 11.3 Å². The molecule has 1 saturated heterocycles. The summed E-state index contributed by atoms with van der Waals surface area (Å²) in [7, 11) is 0. The summed E-state index contributed by atoms with van der Waals surface area (Å²) in [5.41, 5.74) is 4.76. The fraction of sp³-hybridized carbons (Fsp3) is 0.385. The lowest BCUT2D eigenvalue weighted by Gasteiger charge is -2.27. The number of ether oxygens (including phenoxy) is 2. The summed E-state index contributed by atoms with van der Waals surface area (Å²) < 4.78 is 16.9. The second-order valence-electron chi connectivity index (χ2n) is 8.65. The van der Waals surface area contributed by atoms with Crippen LogP contribution in [-0.2, 0) is 28.9 Å². The lowest BCUT2D eigenvalue weighted by molar-refractivity contribution is -0.118. The second kappa shape index (κ2) is 9.37. The molecule has 0 saturated carbocycles. The lowest BCUT2D eigenvalue weighted by atomic mass is 10.0. The van der Waals surface area contributed by atoms with Crippen molar-refractivity contribution in [1.29, 1.82) is 0 Å². The average Bonchev–Trinajstić information content (AvgIpc) is 3.32. The number of hydrogen-bond acceptors (Lipinski definition) is 6. The number of aryl methyl sites for hydroxylation is 2. The fourth-order valence-corrected chi connectivity index (χ4v) is 4.73. The van der Waals surface area contributed by atoms with Crippen molar-refractivity contribution in [2.24, 2.45) is 0 Å². The van der Waals surface area contributed by atoms with Crippen molar-refractivity contribution in [3.8, 4) is 5.75 Å². The predicted octanol–water partition coefficient (Wildman–Crippen LogP) is 3.44. The molecule has 0 radical (unpaired) electrons. The quantitative estimate of drug-likeness (QED) is 0.582. The maximum atomic E-state index is 12.7. The lowest BCUT2D eigenvalue weighted by Crippen LogP contribution is -2.36. The van der Waals surface area contributed by atoms with Crippen LogP contribution in [0.15, 0.2) is 45.6 Å². The number of hydrogen-bond donors (Lipinski definition) is 1. The van der Waals surface area contributed by atoms with E-state index in [1.807, 2.05) is 43.3 Å². The Morgan fingerprint density at radius 2 is 1.88 bits per heavy atom. The molecule has 5 rings (SSSR count). The maximum Gasteiger partial charge on any atom is 0.339 e. The van der Waals surface area contributed by atoms with Gasteiger partial charge < -0.3 is 19.2 Å². The molecule has 2 heterocycles. The molecule has 1 aromatic heterocycles. The van der Waals surface area contributed by atoms with Gasteiger partial charge in [-0.3, -0.25) is 9.69 Å². The summed E-state index contributed by atoms with van der Waals surface area (Å²) in [5.74, 6) is 0.305. The number of carbonyl (C=O) groups excluding carboxylic acids is 1. The van der Waals surface area contributed by atoms with Gasteiger partial charge in [-0.05, 0) is 55.5 Å². The van der Waals surface area contributed by atoms with E-state index in [2.05, 4.69) is 10.2 Å². The van der Waals surface area contributed by atoms with E-state index in [-0.39, 0.29) is 18.1 Å². The Hall–Kier alpha value is -3.16. The molecule has 1 amide bonds. The molecule has 172 valence electrons. The smallest absolute Gasteiger partial charge is 0.339 e. The zero-order valence-corrected chi connectivity index (χ0v) is 18.8. The molecule has 1 fully saturated rings. The summed E-state index contributed by atoms with van der Waals surface area (Å²) in [6, 6.07) is 11.6. The van der Waals surface area contributed by atoms with Crippen molar-refractivity contribution < 1.29 is 18.7 Å². The van der Waals surface area contributed by atoms with E-state index in [1.54, 1.807) is 0 Å². The molecule has 0 bridgehead atoms. The molecule has 33 heavy (non-hydrogen) atoms. The normalized spacial score (nSPS) is 16.0. The molecule has 2 aliphatic rings. The number of nitrogens with one attached hydrogen (secondary N) is 1. The van der Waals surface area contributed by atoms with E-state index in [0.29, 0.717) is 11.3 Å². The van der Waals surface area contributed by atoms with Gasteiger partial charge in [0.25, 0.3) is 5.91 Å². The van der Waals surface area contributed by atoms with Crippen LogP contribution in [0.25, 0.3) is 11.0 Å². The van der Waals surface area contributed by atoms with E-state index in [1.165, 1.54) is 0 Å². The van der Waals surface area contributed by atoms with Gasteiger partial charge in [0.05, 0.1) is 13.2 Å². The first-order chi connectivity index (χ1) is 16.1. The minimum atomic E-state index is -0.259. The van der Waals surface area contributed by atoms with Crippen LogP contribution in [0, 0.1) is 6.92 Å². The fourth-order valence-electron chi connectivity index (χ4n) is 4.73. The Morgan fingerprint density at radius 1 is 1.09 bits per heavy atom. The first-order valence-corrected chi connectivity index (χ1v) is 11.5. The van der Waals surface area contributed by atoms with Crippen LogP contribution in [0.2, 0.25) is 0 Å². The molecule has 1 aliphatic heterocycles. The predicted molar refractivity (Wildman–Crippen MR) is 126 cm³/mol. The van der Waals surface area contributed by atoms with Crippen molar-refractivity contribution in [3.63, 3.8) is 0 Å². The van der Waals surface area contributed by atoms with Gasteiger partial charge in [-0.1, -0.05) is 18.2 Å². The number of benzene rings is 2. The Labute approximate surface area is 192 Å². The summed E-state index contributed by atoms with van der Waals surface area (Å²) in [6.45, 7) is 5.71. The third-order valence-corrected chi connectivity index (χ3v) is 6.49. The first kappa shape index (κ1) is 21.7. The number of para-hydroxylation sites is 1.